The highest BCUT2D eigenvalue weighted by molar-refractivity contribution is 6.08. The Balaban J connectivity index is 1.50. The van der Waals surface area contributed by atoms with Crippen molar-refractivity contribution in [2.24, 2.45) is 11.8 Å². The van der Waals surface area contributed by atoms with Gasteiger partial charge in [0.25, 0.3) is 5.91 Å². The fraction of sp³-hybridized carbons (Fsp3) is 0.429. The molecule has 0 unspecified atom stereocenters. The number of carbonyl (C=O) groups is 4. The van der Waals surface area contributed by atoms with Crippen molar-refractivity contribution in [1.82, 2.24) is 10.2 Å². The maximum Gasteiger partial charge on any atom is 0.329 e. The van der Waals surface area contributed by atoms with Crippen molar-refractivity contribution in [2.75, 3.05) is 6.61 Å². The summed E-state index contributed by atoms with van der Waals surface area (Å²) in [5.41, 5.74) is 2.02. The number of aryl methyl sites for hydroxylation is 1. The van der Waals surface area contributed by atoms with E-state index >= 15 is 0 Å². The molecule has 0 aromatic heterocycles. The van der Waals surface area contributed by atoms with Gasteiger partial charge in [-0.3, -0.25) is 19.3 Å². The zero-order valence-corrected chi connectivity index (χ0v) is 16.0. The van der Waals surface area contributed by atoms with Gasteiger partial charge in [-0.15, -0.1) is 0 Å². The van der Waals surface area contributed by atoms with Crippen LogP contribution in [0, 0.1) is 18.8 Å². The molecule has 1 aromatic carbocycles. The lowest BCUT2D eigenvalue weighted by Gasteiger charge is -2.21. The molecule has 0 radical (unpaired) electrons. The second-order valence-corrected chi connectivity index (χ2v) is 7.19. The van der Waals surface area contributed by atoms with E-state index in [1.54, 1.807) is 0 Å². The highest BCUT2D eigenvalue weighted by Gasteiger charge is 2.50. The Kier molecular flexibility index (Phi) is 5.92. The van der Waals surface area contributed by atoms with Gasteiger partial charge < -0.3 is 10.1 Å². The van der Waals surface area contributed by atoms with Gasteiger partial charge >= 0.3 is 5.97 Å². The normalized spacial score (nSPS) is 22.0. The summed E-state index contributed by atoms with van der Waals surface area (Å²) in [6.45, 7) is 3.27. The number of likely N-dealkylation sites (tertiary alicyclic amines) is 1. The molecule has 1 aromatic rings. The van der Waals surface area contributed by atoms with Crippen LogP contribution in [0.2, 0.25) is 0 Å². The summed E-state index contributed by atoms with van der Waals surface area (Å²) >= 11 is 0. The fourth-order valence-corrected chi connectivity index (χ4v) is 3.62. The van der Waals surface area contributed by atoms with E-state index in [9.17, 15) is 19.2 Å². The Hall–Kier alpha value is -2.96. The number of hydrogen-bond donors (Lipinski definition) is 1. The summed E-state index contributed by atoms with van der Waals surface area (Å²) in [6, 6.07) is 6.60. The lowest BCUT2D eigenvalue weighted by molar-refractivity contribution is -0.159. The summed E-state index contributed by atoms with van der Waals surface area (Å²) in [5.74, 6) is -2.68. The van der Waals surface area contributed by atoms with Crippen LogP contribution >= 0.6 is 0 Å². The number of carbonyl (C=O) groups excluding carboxylic acids is 4. The minimum absolute atomic E-state index is 0.331. The Morgan fingerprint density at radius 3 is 2.36 bits per heavy atom. The standard InChI is InChI=1S/C21H24N2O5/c1-13-7-3-4-8-15(13)11-22-18(24)12-28-21(27)14(2)23-19(25)16-9-5-6-10-17(16)20(23)26/h3-8,14,16-17H,9-12H2,1-2H3,(H,22,24)/t14-,16+,17+/m0/s1. The van der Waals surface area contributed by atoms with Gasteiger partial charge in [0.1, 0.15) is 6.04 Å². The molecule has 0 spiro atoms. The van der Waals surface area contributed by atoms with Gasteiger partial charge in [0.2, 0.25) is 11.8 Å². The molecule has 3 atom stereocenters. The summed E-state index contributed by atoms with van der Waals surface area (Å²) < 4.78 is 5.03. The molecule has 148 valence electrons. The molecule has 1 aliphatic carbocycles. The lowest BCUT2D eigenvalue weighted by Crippen LogP contribution is -2.45. The Morgan fingerprint density at radius 1 is 1.14 bits per heavy atom. The van der Waals surface area contributed by atoms with Crippen molar-refractivity contribution in [3.05, 3.63) is 47.5 Å². The molecule has 2 aliphatic rings. The van der Waals surface area contributed by atoms with Crippen LogP contribution < -0.4 is 5.32 Å². The van der Waals surface area contributed by atoms with Crippen molar-refractivity contribution in [3.8, 4) is 0 Å². The average molecular weight is 384 g/mol. The summed E-state index contributed by atoms with van der Waals surface area (Å²) in [4.78, 5) is 50.3. The third-order valence-electron chi connectivity index (χ3n) is 5.35. The van der Waals surface area contributed by atoms with Crippen LogP contribution in [0.1, 0.15) is 30.9 Å². The molecular weight excluding hydrogens is 360 g/mol. The maximum atomic E-state index is 12.5. The van der Waals surface area contributed by atoms with Crippen LogP contribution in [-0.2, 0) is 30.5 Å². The zero-order valence-electron chi connectivity index (χ0n) is 16.0. The molecule has 1 fully saturated rings. The van der Waals surface area contributed by atoms with E-state index in [1.165, 1.54) is 6.92 Å². The third kappa shape index (κ3) is 3.98. The van der Waals surface area contributed by atoms with Gasteiger partial charge in [0.15, 0.2) is 6.61 Å². The molecular formula is C21H24N2O5. The molecule has 28 heavy (non-hydrogen) atoms. The topological polar surface area (TPSA) is 92.8 Å². The average Bonchev–Trinajstić information content (AvgIpc) is 2.95. The lowest BCUT2D eigenvalue weighted by atomic mass is 9.85. The van der Waals surface area contributed by atoms with Crippen molar-refractivity contribution in [2.45, 2.75) is 39.3 Å². The number of rotatable bonds is 6. The van der Waals surface area contributed by atoms with E-state index in [-0.39, 0.29) is 11.8 Å². The van der Waals surface area contributed by atoms with E-state index in [2.05, 4.69) is 5.32 Å². The molecule has 3 rings (SSSR count). The molecule has 0 saturated carbocycles. The Labute approximate surface area is 163 Å². The van der Waals surface area contributed by atoms with Crippen molar-refractivity contribution in [1.29, 1.82) is 0 Å². The number of hydrogen-bond acceptors (Lipinski definition) is 5. The quantitative estimate of drug-likeness (QED) is 0.456. The largest absolute Gasteiger partial charge is 0.454 e. The number of ether oxygens (including phenoxy) is 1. The molecule has 1 saturated heterocycles. The second kappa shape index (κ2) is 8.37. The summed E-state index contributed by atoms with van der Waals surface area (Å²) in [5, 5.41) is 2.69. The highest BCUT2D eigenvalue weighted by Crippen LogP contribution is 2.36. The molecule has 0 bridgehead atoms. The number of fused-ring (bicyclic) bond motifs is 1. The summed E-state index contributed by atoms with van der Waals surface area (Å²) in [6.07, 6.45) is 4.79. The number of esters is 1. The van der Waals surface area contributed by atoms with Crippen LogP contribution in [0.3, 0.4) is 0 Å². The minimum Gasteiger partial charge on any atom is -0.454 e. The van der Waals surface area contributed by atoms with Gasteiger partial charge in [0.05, 0.1) is 11.8 Å². The van der Waals surface area contributed by atoms with Crippen molar-refractivity contribution >= 4 is 23.7 Å². The highest BCUT2D eigenvalue weighted by atomic mass is 16.5. The van der Waals surface area contributed by atoms with Gasteiger partial charge in [-0.25, -0.2) is 4.79 Å². The minimum atomic E-state index is -1.05. The van der Waals surface area contributed by atoms with E-state index in [0.29, 0.717) is 19.4 Å². The van der Waals surface area contributed by atoms with E-state index in [1.807, 2.05) is 43.3 Å². The van der Waals surface area contributed by atoms with Gasteiger partial charge in [-0.2, -0.15) is 0 Å². The number of amides is 3. The number of nitrogens with one attached hydrogen (secondary N) is 1. The van der Waals surface area contributed by atoms with Crippen LogP contribution in [0.25, 0.3) is 0 Å². The van der Waals surface area contributed by atoms with Crippen LogP contribution in [-0.4, -0.2) is 41.2 Å². The van der Waals surface area contributed by atoms with Gasteiger partial charge in [-0.05, 0) is 37.8 Å². The molecule has 1 N–H and O–H groups in total. The van der Waals surface area contributed by atoms with Gasteiger partial charge in [0, 0.05) is 6.54 Å². The van der Waals surface area contributed by atoms with E-state index in [4.69, 9.17) is 4.74 Å². The first-order valence-electron chi connectivity index (χ1n) is 9.40. The second-order valence-electron chi connectivity index (χ2n) is 7.19. The smallest absolute Gasteiger partial charge is 0.329 e. The fourth-order valence-electron chi connectivity index (χ4n) is 3.62. The molecule has 3 amide bonds. The molecule has 1 aliphatic heterocycles. The van der Waals surface area contributed by atoms with Crippen LogP contribution in [0.5, 0.6) is 0 Å². The predicted molar refractivity (Wildman–Crippen MR) is 101 cm³/mol. The molecule has 7 heteroatoms. The number of allylic oxidation sites excluding steroid dienone is 2. The first kappa shape index (κ1) is 19.8. The Bertz CT molecular complexity index is 806. The van der Waals surface area contributed by atoms with Crippen molar-refractivity contribution in [3.63, 3.8) is 0 Å². The number of nitrogens with zero attached hydrogens (tertiary/aromatic N) is 1. The third-order valence-corrected chi connectivity index (χ3v) is 5.35. The molecule has 7 nitrogen and oxygen atoms in total. The monoisotopic (exact) mass is 384 g/mol. The van der Waals surface area contributed by atoms with Gasteiger partial charge in [-0.1, -0.05) is 36.4 Å². The Morgan fingerprint density at radius 2 is 1.75 bits per heavy atom. The zero-order chi connectivity index (χ0) is 20.3. The molecule has 1 heterocycles. The SMILES string of the molecule is Cc1ccccc1CNC(=O)COC(=O)[C@H](C)N1C(=O)[C@@H]2CC=CC[C@H]2C1=O. The predicted octanol–water partition coefficient (Wildman–Crippen LogP) is 1.49. The first-order chi connectivity index (χ1) is 13.4. The number of benzene rings is 1. The van der Waals surface area contributed by atoms with Crippen molar-refractivity contribution < 1.29 is 23.9 Å². The van der Waals surface area contributed by atoms with Crippen LogP contribution in [0.4, 0.5) is 0 Å². The summed E-state index contributed by atoms with van der Waals surface area (Å²) in [7, 11) is 0. The number of imide groups is 1. The van der Waals surface area contributed by atoms with E-state index in [0.717, 1.165) is 16.0 Å². The first-order valence-corrected chi connectivity index (χ1v) is 9.40. The maximum absolute atomic E-state index is 12.5. The van der Waals surface area contributed by atoms with Crippen LogP contribution in [0.15, 0.2) is 36.4 Å². The van der Waals surface area contributed by atoms with E-state index < -0.39 is 36.4 Å².